The fourth-order valence-electron chi connectivity index (χ4n) is 3.12. The first-order valence-electron chi connectivity index (χ1n) is 9.14. The molecule has 0 saturated heterocycles. The minimum Gasteiger partial charge on any atom is -0.494 e. The molecule has 0 spiro atoms. The highest BCUT2D eigenvalue weighted by Crippen LogP contribution is 2.33. The summed E-state index contributed by atoms with van der Waals surface area (Å²) in [6, 6.07) is 13.8. The smallest absolute Gasteiger partial charge is 0.261 e. The van der Waals surface area contributed by atoms with Gasteiger partial charge >= 0.3 is 0 Å². The number of imidazole rings is 1. The fraction of sp³-hybridized carbons (Fsp3) is 0.190. The monoisotopic (exact) mass is 391 g/mol. The van der Waals surface area contributed by atoms with E-state index in [-0.39, 0.29) is 5.91 Å². The van der Waals surface area contributed by atoms with Crippen molar-refractivity contribution in [3.63, 3.8) is 0 Å². The summed E-state index contributed by atoms with van der Waals surface area (Å²) in [6.45, 7) is 1.10. The molecule has 0 unspecified atom stereocenters. The van der Waals surface area contributed by atoms with E-state index in [1.54, 1.807) is 25.1 Å². The van der Waals surface area contributed by atoms with E-state index in [0.29, 0.717) is 30.4 Å². The number of fused-ring (bicyclic) bond motifs is 1. The van der Waals surface area contributed by atoms with Crippen LogP contribution in [0.4, 0.5) is 5.95 Å². The number of H-pyrrole nitrogens is 1. The van der Waals surface area contributed by atoms with Gasteiger partial charge in [-0.05, 0) is 17.7 Å². The second-order valence-electron chi connectivity index (χ2n) is 6.43. The normalized spacial score (nSPS) is 11.0. The van der Waals surface area contributed by atoms with Crippen LogP contribution in [0.15, 0.2) is 54.9 Å². The number of nitrogens with one attached hydrogen (secondary N) is 2. The molecule has 2 aromatic heterocycles. The summed E-state index contributed by atoms with van der Waals surface area (Å²) in [5.74, 6) is 0.698. The number of aromatic amines is 1. The molecule has 8 heteroatoms. The van der Waals surface area contributed by atoms with Gasteiger partial charge in [-0.3, -0.25) is 14.8 Å². The van der Waals surface area contributed by atoms with Crippen molar-refractivity contribution >= 4 is 22.9 Å². The third-order valence-corrected chi connectivity index (χ3v) is 4.56. The van der Waals surface area contributed by atoms with Crippen LogP contribution >= 0.6 is 0 Å². The number of carbonyl (C=O) groups is 1. The van der Waals surface area contributed by atoms with E-state index in [0.717, 1.165) is 22.2 Å². The summed E-state index contributed by atoms with van der Waals surface area (Å²) in [4.78, 5) is 20.4. The third-order valence-electron chi connectivity index (χ3n) is 4.56. The van der Waals surface area contributed by atoms with Crippen molar-refractivity contribution in [2.24, 2.45) is 0 Å². The van der Waals surface area contributed by atoms with Crippen molar-refractivity contribution in [2.75, 3.05) is 26.1 Å². The highest BCUT2D eigenvalue weighted by Gasteiger charge is 2.16. The number of methoxy groups -OCH3 is 2. The zero-order valence-electron chi connectivity index (χ0n) is 16.2. The number of rotatable bonds is 7. The maximum Gasteiger partial charge on any atom is 0.261 e. The van der Waals surface area contributed by atoms with Gasteiger partial charge in [0.1, 0.15) is 16.8 Å². The Morgan fingerprint density at radius 2 is 2.00 bits per heavy atom. The molecule has 0 fully saturated rings. The van der Waals surface area contributed by atoms with Gasteiger partial charge in [-0.15, -0.1) is 0 Å². The van der Waals surface area contributed by atoms with E-state index in [4.69, 9.17) is 9.47 Å². The molecule has 0 bridgehead atoms. The maximum absolute atomic E-state index is 12.6. The third kappa shape index (κ3) is 3.83. The molecule has 4 rings (SSSR count). The van der Waals surface area contributed by atoms with E-state index in [1.807, 2.05) is 42.5 Å². The van der Waals surface area contributed by atoms with Crippen LogP contribution in [0.1, 0.15) is 10.4 Å². The van der Waals surface area contributed by atoms with Crippen molar-refractivity contribution in [3.8, 4) is 16.9 Å². The lowest BCUT2D eigenvalue weighted by atomic mass is 10.0. The lowest BCUT2D eigenvalue weighted by Crippen LogP contribution is -2.12. The zero-order chi connectivity index (χ0) is 20.2. The summed E-state index contributed by atoms with van der Waals surface area (Å²) in [5, 5.41) is 6.97. The fourth-order valence-corrected chi connectivity index (χ4v) is 3.12. The number of hydrogen-bond acceptors (Lipinski definition) is 5. The molecule has 0 saturated carbocycles. The number of ether oxygens (including phenoxy) is 2. The number of amides is 1. The second kappa shape index (κ2) is 8.15. The van der Waals surface area contributed by atoms with E-state index in [1.165, 1.54) is 6.20 Å². The van der Waals surface area contributed by atoms with Crippen molar-refractivity contribution in [2.45, 2.75) is 6.54 Å². The first-order valence-corrected chi connectivity index (χ1v) is 9.14. The molecule has 2 aromatic carbocycles. The Balaban J connectivity index is 1.64. The van der Waals surface area contributed by atoms with Crippen LogP contribution in [-0.4, -0.2) is 46.5 Å². The Morgan fingerprint density at radius 1 is 1.17 bits per heavy atom. The lowest BCUT2D eigenvalue weighted by molar-refractivity contribution is 0.102. The molecule has 1 amide bonds. The zero-order valence-corrected chi connectivity index (χ0v) is 16.2. The Morgan fingerprint density at radius 3 is 2.76 bits per heavy atom. The number of hydrogen-bond donors (Lipinski definition) is 2. The largest absolute Gasteiger partial charge is 0.494 e. The van der Waals surface area contributed by atoms with Gasteiger partial charge in [0.15, 0.2) is 0 Å². The average molecular weight is 391 g/mol. The van der Waals surface area contributed by atoms with Crippen LogP contribution in [-0.2, 0) is 11.3 Å². The van der Waals surface area contributed by atoms with E-state index in [9.17, 15) is 4.79 Å². The topological polar surface area (TPSA) is 94.1 Å². The van der Waals surface area contributed by atoms with E-state index in [2.05, 4.69) is 20.4 Å². The molecule has 2 N–H and O–H groups in total. The van der Waals surface area contributed by atoms with Crippen LogP contribution in [0.5, 0.6) is 5.75 Å². The molecule has 0 aliphatic rings. The van der Waals surface area contributed by atoms with Gasteiger partial charge < -0.3 is 14.5 Å². The minimum atomic E-state index is -0.298. The Bertz CT molecular complexity index is 1130. The summed E-state index contributed by atoms with van der Waals surface area (Å²) in [7, 11) is 3.22. The van der Waals surface area contributed by atoms with Crippen LogP contribution in [0.2, 0.25) is 0 Å². The first-order chi connectivity index (χ1) is 14.2. The quantitative estimate of drug-likeness (QED) is 0.504. The van der Waals surface area contributed by atoms with E-state index < -0.39 is 0 Å². The summed E-state index contributed by atoms with van der Waals surface area (Å²) in [5.41, 5.74) is 3.87. The van der Waals surface area contributed by atoms with Gasteiger partial charge in [-0.2, -0.15) is 5.10 Å². The standard InChI is InChI=1S/C21H21N5O3/c1-28-11-10-26-13-15(12-22-26)20(27)25-21-23-18-16(14-6-4-3-5-7-14)8-9-17(29-2)19(18)24-21/h3-9,12-13H,10-11H2,1-2H3,(H2,23,24,25,27). The number of benzene rings is 2. The summed E-state index contributed by atoms with van der Waals surface area (Å²) >= 11 is 0. The van der Waals surface area contributed by atoms with Crippen LogP contribution in [0, 0.1) is 0 Å². The lowest BCUT2D eigenvalue weighted by Gasteiger charge is -2.05. The molecular formula is C21H21N5O3. The summed E-state index contributed by atoms with van der Waals surface area (Å²) in [6.07, 6.45) is 3.19. The SMILES string of the molecule is COCCn1cc(C(=O)Nc2nc3c(-c4ccccc4)ccc(OC)c3[nH]2)cn1. The minimum absolute atomic E-state index is 0.298. The molecule has 0 radical (unpaired) electrons. The van der Waals surface area contributed by atoms with Gasteiger partial charge in [-0.25, -0.2) is 4.98 Å². The van der Waals surface area contributed by atoms with Gasteiger partial charge in [-0.1, -0.05) is 30.3 Å². The predicted molar refractivity (Wildman–Crippen MR) is 110 cm³/mol. The molecule has 29 heavy (non-hydrogen) atoms. The van der Waals surface area contributed by atoms with Gasteiger partial charge in [0, 0.05) is 18.9 Å². The van der Waals surface area contributed by atoms with Crippen LogP contribution in [0.25, 0.3) is 22.2 Å². The number of aromatic nitrogens is 4. The Labute approximate surface area is 167 Å². The Kier molecular flexibility index (Phi) is 5.26. The molecule has 0 atom stereocenters. The van der Waals surface area contributed by atoms with Crippen LogP contribution < -0.4 is 10.1 Å². The maximum atomic E-state index is 12.6. The Hall–Kier alpha value is -3.65. The molecule has 0 aliphatic carbocycles. The highest BCUT2D eigenvalue weighted by molar-refractivity contribution is 6.04. The van der Waals surface area contributed by atoms with Gasteiger partial charge in [0.25, 0.3) is 5.91 Å². The predicted octanol–water partition coefficient (Wildman–Crippen LogP) is 3.33. The molecule has 148 valence electrons. The summed E-state index contributed by atoms with van der Waals surface area (Å²) < 4.78 is 12.1. The van der Waals surface area contributed by atoms with E-state index >= 15 is 0 Å². The number of anilines is 1. The van der Waals surface area contributed by atoms with Crippen LogP contribution in [0.3, 0.4) is 0 Å². The van der Waals surface area contributed by atoms with Gasteiger partial charge in [0.2, 0.25) is 5.95 Å². The molecule has 4 aromatic rings. The first kappa shape index (κ1) is 18.7. The molecule has 2 heterocycles. The number of nitrogens with zero attached hydrogens (tertiary/aromatic N) is 3. The highest BCUT2D eigenvalue weighted by atomic mass is 16.5. The average Bonchev–Trinajstić information content (AvgIpc) is 3.39. The second-order valence-corrected chi connectivity index (χ2v) is 6.43. The van der Waals surface area contributed by atoms with Crippen molar-refractivity contribution in [1.29, 1.82) is 0 Å². The molecule has 0 aliphatic heterocycles. The molecular weight excluding hydrogens is 370 g/mol. The molecule has 8 nitrogen and oxygen atoms in total. The number of carbonyl (C=O) groups excluding carboxylic acids is 1. The van der Waals surface area contributed by atoms with Crippen molar-refractivity contribution in [1.82, 2.24) is 19.7 Å². The van der Waals surface area contributed by atoms with Crippen molar-refractivity contribution in [3.05, 3.63) is 60.4 Å². The van der Waals surface area contributed by atoms with Crippen molar-refractivity contribution < 1.29 is 14.3 Å². The van der Waals surface area contributed by atoms with Gasteiger partial charge in [0.05, 0.1) is 32.0 Å².